The van der Waals surface area contributed by atoms with Gasteiger partial charge in [0.05, 0.1) is 10.5 Å². The summed E-state index contributed by atoms with van der Waals surface area (Å²) in [5.41, 5.74) is 6.37. The van der Waals surface area contributed by atoms with Gasteiger partial charge in [0.25, 0.3) is 11.6 Å². The molecular formula is C20H21ClN4O4. The number of anilines is 1. The average Bonchev–Trinajstić information content (AvgIpc) is 2.72. The van der Waals surface area contributed by atoms with Crippen LogP contribution in [0.5, 0.6) is 0 Å². The minimum absolute atomic E-state index is 0.0594. The van der Waals surface area contributed by atoms with Gasteiger partial charge in [-0.2, -0.15) is 0 Å². The lowest BCUT2D eigenvalue weighted by atomic mass is 10.1. The highest BCUT2D eigenvalue weighted by Gasteiger charge is 2.22. The van der Waals surface area contributed by atoms with Crippen LogP contribution in [0.15, 0.2) is 36.4 Å². The standard InChI is InChI=1S/C20H21ClN4O4/c21-15-6-7-16(20(27)24-8-2-1-3-9-24)17(11-15)23-12-14-5-4-13(19(22)26)10-18(14)25(28)29/h4-7,10-11,23H,1-3,8-9,12H2,(H2,22,26). The van der Waals surface area contributed by atoms with Gasteiger partial charge < -0.3 is 16.0 Å². The first-order valence-electron chi connectivity index (χ1n) is 9.26. The molecule has 152 valence electrons. The molecule has 0 unspecified atom stereocenters. The van der Waals surface area contributed by atoms with Gasteiger partial charge in [-0.3, -0.25) is 19.7 Å². The highest BCUT2D eigenvalue weighted by atomic mass is 35.5. The van der Waals surface area contributed by atoms with E-state index >= 15 is 0 Å². The number of hydrogen-bond donors (Lipinski definition) is 2. The summed E-state index contributed by atoms with van der Waals surface area (Å²) in [6.07, 6.45) is 3.06. The monoisotopic (exact) mass is 416 g/mol. The number of rotatable bonds is 6. The first-order chi connectivity index (χ1) is 13.9. The number of nitrogens with zero attached hydrogens (tertiary/aromatic N) is 2. The summed E-state index contributed by atoms with van der Waals surface area (Å²) in [5, 5.41) is 14.9. The summed E-state index contributed by atoms with van der Waals surface area (Å²) in [6, 6.07) is 8.99. The Balaban J connectivity index is 1.85. The van der Waals surface area contributed by atoms with Crippen LogP contribution in [-0.2, 0) is 6.54 Å². The van der Waals surface area contributed by atoms with E-state index in [4.69, 9.17) is 17.3 Å². The smallest absolute Gasteiger partial charge is 0.275 e. The van der Waals surface area contributed by atoms with Crippen LogP contribution in [0, 0.1) is 10.1 Å². The Morgan fingerprint density at radius 1 is 1.14 bits per heavy atom. The molecule has 1 aliphatic rings. The third-order valence-corrected chi connectivity index (χ3v) is 5.13. The fourth-order valence-corrected chi connectivity index (χ4v) is 3.52. The quantitative estimate of drug-likeness (QED) is 0.551. The van der Waals surface area contributed by atoms with E-state index < -0.39 is 10.8 Å². The maximum atomic E-state index is 12.9. The van der Waals surface area contributed by atoms with Crippen molar-refractivity contribution in [3.63, 3.8) is 0 Å². The van der Waals surface area contributed by atoms with Crippen LogP contribution >= 0.6 is 11.6 Å². The lowest BCUT2D eigenvalue weighted by molar-refractivity contribution is -0.385. The van der Waals surface area contributed by atoms with E-state index in [-0.39, 0.29) is 23.7 Å². The van der Waals surface area contributed by atoms with Gasteiger partial charge in [-0.25, -0.2) is 0 Å². The molecule has 1 aliphatic heterocycles. The number of benzene rings is 2. The summed E-state index contributed by atoms with van der Waals surface area (Å²) in [6.45, 7) is 1.50. The molecule has 0 bridgehead atoms. The third-order valence-electron chi connectivity index (χ3n) is 4.89. The molecule has 0 aliphatic carbocycles. The second kappa shape index (κ2) is 8.91. The number of carbonyl (C=O) groups excluding carboxylic acids is 2. The van der Waals surface area contributed by atoms with Crippen molar-refractivity contribution in [3.05, 3.63) is 68.2 Å². The molecule has 2 aromatic carbocycles. The molecule has 2 amide bonds. The molecule has 0 aromatic heterocycles. The Hall–Kier alpha value is -3.13. The minimum atomic E-state index is -0.739. The van der Waals surface area contributed by atoms with Crippen LogP contribution in [0.3, 0.4) is 0 Å². The topological polar surface area (TPSA) is 119 Å². The molecule has 0 atom stereocenters. The van der Waals surface area contributed by atoms with Crippen molar-refractivity contribution in [2.75, 3.05) is 18.4 Å². The van der Waals surface area contributed by atoms with Crippen LogP contribution in [-0.4, -0.2) is 34.7 Å². The number of piperidine rings is 1. The van der Waals surface area contributed by atoms with Crippen molar-refractivity contribution >= 4 is 34.8 Å². The zero-order valence-corrected chi connectivity index (χ0v) is 16.4. The normalized spacial score (nSPS) is 13.8. The van der Waals surface area contributed by atoms with Crippen molar-refractivity contribution < 1.29 is 14.5 Å². The Kier molecular flexibility index (Phi) is 6.33. The molecule has 2 aromatic rings. The molecule has 3 rings (SSSR count). The Morgan fingerprint density at radius 3 is 2.52 bits per heavy atom. The number of carbonyl (C=O) groups is 2. The fraction of sp³-hybridized carbons (Fsp3) is 0.300. The predicted molar refractivity (Wildman–Crippen MR) is 110 cm³/mol. The van der Waals surface area contributed by atoms with Gasteiger partial charge >= 0.3 is 0 Å². The number of nitrogens with two attached hydrogens (primary N) is 1. The van der Waals surface area contributed by atoms with Gasteiger partial charge in [-0.05, 0) is 49.6 Å². The fourth-order valence-electron chi connectivity index (χ4n) is 3.34. The van der Waals surface area contributed by atoms with Crippen molar-refractivity contribution in [1.82, 2.24) is 4.90 Å². The SMILES string of the molecule is NC(=O)c1ccc(CNc2cc(Cl)ccc2C(=O)N2CCCCC2)c([N+](=O)[O-])c1. The Bertz CT molecular complexity index is 957. The number of likely N-dealkylation sites (tertiary alicyclic amines) is 1. The number of nitro benzene ring substituents is 1. The molecule has 1 heterocycles. The lowest BCUT2D eigenvalue weighted by Crippen LogP contribution is -2.36. The molecule has 8 nitrogen and oxygen atoms in total. The molecule has 1 saturated heterocycles. The molecule has 1 fully saturated rings. The van der Waals surface area contributed by atoms with E-state index in [1.807, 2.05) is 4.90 Å². The van der Waals surface area contributed by atoms with Crippen LogP contribution in [0.2, 0.25) is 5.02 Å². The highest BCUT2D eigenvalue weighted by molar-refractivity contribution is 6.31. The van der Waals surface area contributed by atoms with Crippen molar-refractivity contribution in [2.24, 2.45) is 5.73 Å². The van der Waals surface area contributed by atoms with Gasteiger partial charge in [0.1, 0.15) is 0 Å². The summed E-state index contributed by atoms with van der Waals surface area (Å²) in [5.74, 6) is -0.834. The van der Waals surface area contributed by atoms with Crippen LogP contribution < -0.4 is 11.1 Å². The number of primary amides is 1. The summed E-state index contributed by atoms with van der Waals surface area (Å²) >= 11 is 6.10. The Morgan fingerprint density at radius 2 is 1.86 bits per heavy atom. The molecule has 0 saturated carbocycles. The first-order valence-corrected chi connectivity index (χ1v) is 9.64. The van der Waals surface area contributed by atoms with Gasteiger partial charge in [-0.15, -0.1) is 0 Å². The summed E-state index contributed by atoms with van der Waals surface area (Å²) in [4.78, 5) is 36.8. The van der Waals surface area contributed by atoms with E-state index in [2.05, 4.69) is 5.32 Å². The molecular weight excluding hydrogens is 396 g/mol. The molecule has 0 radical (unpaired) electrons. The molecule has 0 spiro atoms. The Labute approximate surface area is 172 Å². The van der Waals surface area contributed by atoms with Gasteiger partial charge in [0.2, 0.25) is 5.91 Å². The van der Waals surface area contributed by atoms with E-state index in [1.165, 1.54) is 12.1 Å². The van der Waals surface area contributed by atoms with Gasteiger partial charge in [0, 0.05) is 47.5 Å². The number of nitro groups is 1. The van der Waals surface area contributed by atoms with E-state index in [1.54, 1.807) is 18.2 Å². The number of amides is 2. The highest BCUT2D eigenvalue weighted by Crippen LogP contribution is 2.26. The predicted octanol–water partition coefficient (Wildman–Crippen LogP) is 3.59. The van der Waals surface area contributed by atoms with Gasteiger partial charge in [0.15, 0.2) is 0 Å². The van der Waals surface area contributed by atoms with Crippen molar-refractivity contribution in [1.29, 1.82) is 0 Å². The number of hydrogen-bond acceptors (Lipinski definition) is 5. The number of nitrogens with one attached hydrogen (secondary N) is 1. The van der Waals surface area contributed by atoms with Crippen molar-refractivity contribution in [2.45, 2.75) is 25.8 Å². The van der Waals surface area contributed by atoms with Crippen LogP contribution in [0.1, 0.15) is 45.5 Å². The number of halogens is 1. The van der Waals surface area contributed by atoms with E-state index in [0.717, 1.165) is 25.3 Å². The molecule has 9 heteroatoms. The third kappa shape index (κ3) is 4.83. The van der Waals surface area contributed by atoms with Gasteiger partial charge in [-0.1, -0.05) is 11.6 Å². The maximum absolute atomic E-state index is 12.9. The average molecular weight is 417 g/mol. The minimum Gasteiger partial charge on any atom is -0.380 e. The van der Waals surface area contributed by atoms with E-state index in [9.17, 15) is 19.7 Å². The largest absolute Gasteiger partial charge is 0.380 e. The maximum Gasteiger partial charge on any atom is 0.275 e. The van der Waals surface area contributed by atoms with Crippen LogP contribution in [0.25, 0.3) is 0 Å². The van der Waals surface area contributed by atoms with E-state index in [0.29, 0.717) is 34.9 Å². The second-order valence-electron chi connectivity index (χ2n) is 6.86. The molecule has 29 heavy (non-hydrogen) atoms. The van der Waals surface area contributed by atoms with Crippen molar-refractivity contribution in [3.8, 4) is 0 Å². The summed E-state index contributed by atoms with van der Waals surface area (Å²) in [7, 11) is 0. The zero-order chi connectivity index (χ0) is 21.0. The molecule has 3 N–H and O–H groups in total. The van der Waals surface area contributed by atoms with Crippen LogP contribution in [0.4, 0.5) is 11.4 Å². The lowest BCUT2D eigenvalue weighted by Gasteiger charge is -2.27. The zero-order valence-electron chi connectivity index (χ0n) is 15.7. The summed E-state index contributed by atoms with van der Waals surface area (Å²) < 4.78 is 0. The first kappa shape index (κ1) is 20.6. The second-order valence-corrected chi connectivity index (χ2v) is 7.30.